The Morgan fingerprint density at radius 1 is 1.32 bits per heavy atom. The Morgan fingerprint density at radius 3 is 2.84 bits per heavy atom. The summed E-state index contributed by atoms with van der Waals surface area (Å²) in [6, 6.07) is 3.91. The van der Waals surface area contributed by atoms with Gasteiger partial charge in [0.25, 0.3) is 0 Å². The number of amides is 2. The molecule has 1 aromatic carbocycles. The maximum Gasteiger partial charge on any atom is 0.317 e. The van der Waals surface area contributed by atoms with E-state index >= 15 is 0 Å². The normalized spacial score (nSPS) is 23.0. The van der Waals surface area contributed by atoms with Gasteiger partial charge in [-0.1, -0.05) is 0 Å². The second-order valence-corrected chi connectivity index (χ2v) is 7.41. The zero-order chi connectivity index (χ0) is 18.0. The van der Waals surface area contributed by atoms with E-state index in [0.717, 1.165) is 25.6 Å². The van der Waals surface area contributed by atoms with Gasteiger partial charge in [0.1, 0.15) is 0 Å². The predicted octanol–water partition coefficient (Wildman–Crippen LogP) is 2.61. The number of benzene rings is 1. The third kappa shape index (κ3) is 4.39. The molecule has 0 aromatic heterocycles. The van der Waals surface area contributed by atoms with Crippen molar-refractivity contribution >= 4 is 11.7 Å². The molecule has 0 spiro atoms. The Hall–Kier alpha value is -1.89. The first-order chi connectivity index (χ1) is 11.8. The minimum absolute atomic E-state index is 0.0670. The van der Waals surface area contributed by atoms with Gasteiger partial charge in [-0.05, 0) is 38.3 Å². The van der Waals surface area contributed by atoms with Crippen molar-refractivity contribution in [2.24, 2.45) is 5.92 Å². The molecule has 0 aliphatic carbocycles. The number of nitrogens with zero attached hydrogens (tertiary/aromatic N) is 2. The van der Waals surface area contributed by atoms with Crippen molar-refractivity contribution in [2.45, 2.75) is 25.9 Å². The Balaban J connectivity index is 1.48. The van der Waals surface area contributed by atoms with Gasteiger partial charge in [0.2, 0.25) is 0 Å². The van der Waals surface area contributed by atoms with E-state index in [9.17, 15) is 13.6 Å². The summed E-state index contributed by atoms with van der Waals surface area (Å²) in [4.78, 5) is 16.1. The lowest BCUT2D eigenvalue weighted by Crippen LogP contribution is -2.54. The molecular weight excluding hydrogens is 328 g/mol. The van der Waals surface area contributed by atoms with Crippen LogP contribution in [0.1, 0.15) is 20.3 Å². The predicted molar refractivity (Wildman–Crippen MR) is 91.7 cm³/mol. The van der Waals surface area contributed by atoms with Crippen molar-refractivity contribution in [2.75, 3.05) is 44.2 Å². The van der Waals surface area contributed by atoms with E-state index < -0.39 is 11.6 Å². The highest BCUT2D eigenvalue weighted by molar-refractivity contribution is 5.74. The van der Waals surface area contributed by atoms with E-state index in [0.29, 0.717) is 37.8 Å². The topological polar surface area (TPSA) is 44.8 Å². The van der Waals surface area contributed by atoms with Gasteiger partial charge in [0.05, 0.1) is 18.8 Å². The number of morpholine rings is 1. The van der Waals surface area contributed by atoms with E-state index in [4.69, 9.17) is 4.74 Å². The standard InChI is InChI=1S/C18H25F2N3O2/c1-18(2)12-23(7-8-25-18)17(24)21-10-13-5-6-22(11-13)14-3-4-15(19)16(20)9-14/h3-4,9,13H,5-8,10-12H2,1-2H3,(H,21,24). The number of ether oxygens (including phenoxy) is 1. The molecule has 0 bridgehead atoms. The lowest BCUT2D eigenvalue weighted by atomic mass is 10.1. The number of rotatable bonds is 3. The smallest absolute Gasteiger partial charge is 0.317 e. The molecule has 0 radical (unpaired) electrons. The lowest BCUT2D eigenvalue weighted by molar-refractivity contribution is -0.0733. The van der Waals surface area contributed by atoms with Gasteiger partial charge < -0.3 is 19.9 Å². The van der Waals surface area contributed by atoms with Gasteiger partial charge in [-0.25, -0.2) is 13.6 Å². The first-order valence-corrected chi connectivity index (χ1v) is 8.71. The molecule has 3 rings (SSSR count). The van der Waals surface area contributed by atoms with Crippen LogP contribution in [0.4, 0.5) is 19.3 Å². The monoisotopic (exact) mass is 353 g/mol. The van der Waals surface area contributed by atoms with Crippen molar-refractivity contribution in [1.29, 1.82) is 0 Å². The highest BCUT2D eigenvalue weighted by atomic mass is 19.2. The highest BCUT2D eigenvalue weighted by Gasteiger charge is 2.30. The minimum atomic E-state index is -0.833. The van der Waals surface area contributed by atoms with Crippen molar-refractivity contribution in [1.82, 2.24) is 10.2 Å². The van der Waals surface area contributed by atoms with Crippen LogP contribution in [0.2, 0.25) is 0 Å². The van der Waals surface area contributed by atoms with Crippen LogP contribution >= 0.6 is 0 Å². The summed E-state index contributed by atoms with van der Waals surface area (Å²) >= 11 is 0. The first-order valence-electron chi connectivity index (χ1n) is 8.71. The highest BCUT2D eigenvalue weighted by Crippen LogP contribution is 2.25. The summed E-state index contributed by atoms with van der Waals surface area (Å²) in [5.74, 6) is -1.37. The molecule has 2 fully saturated rings. The third-order valence-electron chi connectivity index (χ3n) is 4.81. The Morgan fingerprint density at radius 2 is 2.12 bits per heavy atom. The number of anilines is 1. The van der Waals surface area contributed by atoms with Crippen LogP contribution < -0.4 is 10.2 Å². The van der Waals surface area contributed by atoms with Gasteiger partial charge in [-0.15, -0.1) is 0 Å². The molecular formula is C18H25F2N3O2. The van der Waals surface area contributed by atoms with Crippen LogP contribution in [0, 0.1) is 17.6 Å². The van der Waals surface area contributed by atoms with E-state index in [-0.39, 0.29) is 11.6 Å². The number of carbonyl (C=O) groups excluding carboxylic acids is 1. The summed E-state index contributed by atoms with van der Waals surface area (Å²) < 4.78 is 32.0. The number of hydrogen-bond donors (Lipinski definition) is 1. The fourth-order valence-electron chi connectivity index (χ4n) is 3.45. The minimum Gasteiger partial charge on any atom is -0.372 e. The van der Waals surface area contributed by atoms with Crippen LogP contribution in [0.25, 0.3) is 0 Å². The zero-order valence-corrected chi connectivity index (χ0v) is 14.7. The molecule has 2 aliphatic rings. The molecule has 1 N–H and O–H groups in total. The maximum absolute atomic E-state index is 13.4. The molecule has 5 nitrogen and oxygen atoms in total. The molecule has 2 amide bonds. The van der Waals surface area contributed by atoms with E-state index in [1.54, 1.807) is 11.0 Å². The molecule has 0 saturated carbocycles. The average molecular weight is 353 g/mol. The number of nitrogens with one attached hydrogen (secondary N) is 1. The summed E-state index contributed by atoms with van der Waals surface area (Å²) in [6.45, 7) is 7.75. The Kier molecular flexibility index (Phi) is 5.13. The first kappa shape index (κ1) is 17.9. The second kappa shape index (κ2) is 7.15. The number of urea groups is 1. The zero-order valence-electron chi connectivity index (χ0n) is 14.7. The van der Waals surface area contributed by atoms with Crippen molar-refractivity contribution in [3.63, 3.8) is 0 Å². The summed E-state index contributed by atoms with van der Waals surface area (Å²) in [6.07, 6.45) is 0.911. The lowest BCUT2D eigenvalue weighted by Gasteiger charge is -2.38. The van der Waals surface area contributed by atoms with Crippen LogP contribution in [-0.4, -0.2) is 55.9 Å². The maximum atomic E-state index is 13.4. The van der Waals surface area contributed by atoms with Gasteiger partial charge >= 0.3 is 6.03 Å². The third-order valence-corrected chi connectivity index (χ3v) is 4.81. The van der Waals surface area contributed by atoms with E-state index in [2.05, 4.69) is 5.32 Å². The summed E-state index contributed by atoms with van der Waals surface area (Å²) in [7, 11) is 0. The van der Waals surface area contributed by atoms with Crippen LogP contribution in [0.15, 0.2) is 18.2 Å². The molecule has 1 aromatic rings. The summed E-state index contributed by atoms with van der Waals surface area (Å²) in [5.41, 5.74) is 0.370. The second-order valence-electron chi connectivity index (χ2n) is 7.41. The van der Waals surface area contributed by atoms with Crippen molar-refractivity contribution in [3.8, 4) is 0 Å². The fraction of sp³-hybridized carbons (Fsp3) is 0.611. The Labute approximate surface area is 146 Å². The molecule has 2 saturated heterocycles. The average Bonchev–Trinajstić information content (AvgIpc) is 3.03. The molecule has 1 unspecified atom stereocenters. The molecule has 7 heteroatoms. The number of halogens is 2. The van der Waals surface area contributed by atoms with Gasteiger partial charge in [-0.2, -0.15) is 0 Å². The molecule has 138 valence electrons. The fourth-order valence-corrected chi connectivity index (χ4v) is 3.45. The van der Waals surface area contributed by atoms with Gasteiger partial charge in [-0.3, -0.25) is 0 Å². The molecule has 2 heterocycles. The molecule has 1 atom stereocenters. The van der Waals surface area contributed by atoms with Crippen LogP contribution in [-0.2, 0) is 4.74 Å². The van der Waals surface area contributed by atoms with Crippen LogP contribution in [0.3, 0.4) is 0 Å². The van der Waals surface area contributed by atoms with Gasteiger partial charge in [0.15, 0.2) is 11.6 Å². The summed E-state index contributed by atoms with van der Waals surface area (Å²) in [5, 5.41) is 3.00. The van der Waals surface area contributed by atoms with Crippen LogP contribution in [0.5, 0.6) is 0 Å². The Bertz CT molecular complexity index is 639. The molecule has 2 aliphatic heterocycles. The largest absolute Gasteiger partial charge is 0.372 e. The number of hydrogen-bond acceptors (Lipinski definition) is 3. The van der Waals surface area contributed by atoms with E-state index in [1.807, 2.05) is 18.7 Å². The van der Waals surface area contributed by atoms with E-state index in [1.165, 1.54) is 6.07 Å². The molecule has 25 heavy (non-hydrogen) atoms. The van der Waals surface area contributed by atoms with Crippen molar-refractivity contribution < 1.29 is 18.3 Å². The van der Waals surface area contributed by atoms with Crippen molar-refractivity contribution in [3.05, 3.63) is 29.8 Å². The number of carbonyl (C=O) groups is 1. The SMILES string of the molecule is CC1(C)CN(C(=O)NCC2CCN(c3ccc(F)c(F)c3)C2)CCO1. The quantitative estimate of drug-likeness (QED) is 0.909. The van der Waals surface area contributed by atoms with Gasteiger partial charge in [0, 0.05) is 37.9 Å².